The Morgan fingerprint density at radius 1 is 1.27 bits per heavy atom. The van der Waals surface area contributed by atoms with Crippen LogP contribution in [0.5, 0.6) is 0 Å². The van der Waals surface area contributed by atoms with E-state index in [1.54, 1.807) is 0 Å². The Morgan fingerprint density at radius 3 is 2.40 bits per heavy atom. The molecule has 0 heterocycles. The van der Waals surface area contributed by atoms with E-state index in [1.165, 1.54) is 57.9 Å². The Bertz CT molecular complexity index is 193. The number of hydrogen-bond donors (Lipinski definition) is 1. The van der Waals surface area contributed by atoms with Crippen molar-refractivity contribution in [1.29, 1.82) is 0 Å². The number of rotatable bonds is 6. The van der Waals surface area contributed by atoms with Crippen LogP contribution >= 0.6 is 0 Å². The van der Waals surface area contributed by atoms with E-state index in [1.807, 2.05) is 0 Å². The first kappa shape index (κ1) is 11.4. The highest BCUT2D eigenvalue weighted by atomic mass is 15.3. The SMILES string of the molecule is CCCCN(C1CC1)C1(CN)CCCC1. The zero-order chi connectivity index (χ0) is 10.7. The molecule has 2 fully saturated rings. The van der Waals surface area contributed by atoms with Crippen LogP contribution in [0.15, 0.2) is 0 Å². The van der Waals surface area contributed by atoms with Gasteiger partial charge in [0.25, 0.3) is 0 Å². The first-order valence-electron chi connectivity index (χ1n) is 6.79. The zero-order valence-electron chi connectivity index (χ0n) is 10.2. The Kier molecular flexibility index (Phi) is 3.68. The van der Waals surface area contributed by atoms with Crippen LogP contribution in [0.4, 0.5) is 0 Å². The standard InChI is InChI=1S/C13H26N2/c1-2-3-10-15(12-6-7-12)13(11-14)8-4-5-9-13/h12H,2-11,14H2,1H3. The molecule has 88 valence electrons. The zero-order valence-corrected chi connectivity index (χ0v) is 10.2. The van der Waals surface area contributed by atoms with Crippen LogP contribution in [0.1, 0.15) is 58.3 Å². The van der Waals surface area contributed by atoms with Gasteiger partial charge in [-0.25, -0.2) is 0 Å². The molecular formula is C13H26N2. The second kappa shape index (κ2) is 4.84. The summed E-state index contributed by atoms with van der Waals surface area (Å²) in [5.41, 5.74) is 6.46. The third kappa shape index (κ3) is 2.36. The maximum atomic E-state index is 6.07. The van der Waals surface area contributed by atoms with Gasteiger partial charge in [-0.15, -0.1) is 0 Å². The van der Waals surface area contributed by atoms with Gasteiger partial charge in [-0.1, -0.05) is 26.2 Å². The van der Waals surface area contributed by atoms with Crippen LogP contribution in [-0.4, -0.2) is 29.6 Å². The topological polar surface area (TPSA) is 29.3 Å². The molecule has 2 N–H and O–H groups in total. The van der Waals surface area contributed by atoms with Crippen LogP contribution in [-0.2, 0) is 0 Å². The second-order valence-corrected chi connectivity index (χ2v) is 5.41. The minimum atomic E-state index is 0.399. The van der Waals surface area contributed by atoms with Gasteiger partial charge in [0.15, 0.2) is 0 Å². The second-order valence-electron chi connectivity index (χ2n) is 5.41. The first-order chi connectivity index (χ1) is 7.32. The predicted octanol–water partition coefficient (Wildman–Crippen LogP) is 2.52. The highest BCUT2D eigenvalue weighted by Gasteiger charge is 2.44. The Balaban J connectivity index is 2.00. The highest BCUT2D eigenvalue weighted by Crippen LogP contribution is 2.41. The molecule has 0 bridgehead atoms. The molecular weight excluding hydrogens is 184 g/mol. The molecule has 0 aromatic carbocycles. The summed E-state index contributed by atoms with van der Waals surface area (Å²) in [6.07, 6.45) is 11.0. The number of nitrogens with two attached hydrogens (primary N) is 1. The van der Waals surface area contributed by atoms with Crippen molar-refractivity contribution < 1.29 is 0 Å². The lowest BCUT2D eigenvalue weighted by Crippen LogP contribution is -2.53. The Hall–Kier alpha value is -0.0800. The summed E-state index contributed by atoms with van der Waals surface area (Å²) in [4.78, 5) is 2.78. The molecule has 0 aliphatic heterocycles. The van der Waals surface area contributed by atoms with Crippen LogP contribution in [0, 0.1) is 0 Å². The van der Waals surface area contributed by atoms with Crippen molar-refractivity contribution in [3.63, 3.8) is 0 Å². The van der Waals surface area contributed by atoms with E-state index < -0.39 is 0 Å². The number of unbranched alkanes of at least 4 members (excludes halogenated alkanes) is 1. The van der Waals surface area contributed by atoms with Gasteiger partial charge in [-0.2, -0.15) is 0 Å². The van der Waals surface area contributed by atoms with E-state index in [-0.39, 0.29) is 0 Å². The molecule has 2 heteroatoms. The van der Waals surface area contributed by atoms with Crippen LogP contribution in [0.2, 0.25) is 0 Å². The largest absolute Gasteiger partial charge is 0.329 e. The fourth-order valence-corrected chi connectivity index (χ4v) is 3.16. The van der Waals surface area contributed by atoms with Gasteiger partial charge in [0.1, 0.15) is 0 Å². The smallest absolute Gasteiger partial charge is 0.0334 e. The molecule has 0 aromatic rings. The summed E-state index contributed by atoms with van der Waals surface area (Å²) in [6.45, 7) is 4.46. The lowest BCUT2D eigenvalue weighted by atomic mass is 9.94. The highest BCUT2D eigenvalue weighted by molar-refractivity contribution is 5.01. The van der Waals surface area contributed by atoms with Crippen molar-refractivity contribution in [3.8, 4) is 0 Å². The average molecular weight is 210 g/mol. The third-order valence-corrected chi connectivity index (χ3v) is 4.26. The van der Waals surface area contributed by atoms with Gasteiger partial charge in [0.05, 0.1) is 0 Å². The van der Waals surface area contributed by atoms with Gasteiger partial charge in [-0.05, 0) is 38.6 Å². The molecule has 2 aliphatic carbocycles. The lowest BCUT2D eigenvalue weighted by Gasteiger charge is -2.41. The van der Waals surface area contributed by atoms with Crippen molar-refractivity contribution in [2.75, 3.05) is 13.1 Å². The summed E-state index contributed by atoms with van der Waals surface area (Å²) in [7, 11) is 0. The molecule has 0 aromatic heterocycles. The average Bonchev–Trinajstić information content (AvgIpc) is 2.97. The maximum absolute atomic E-state index is 6.07. The third-order valence-electron chi connectivity index (χ3n) is 4.26. The van der Waals surface area contributed by atoms with Crippen LogP contribution in [0.25, 0.3) is 0 Å². The van der Waals surface area contributed by atoms with E-state index in [2.05, 4.69) is 11.8 Å². The van der Waals surface area contributed by atoms with E-state index in [0.717, 1.165) is 12.6 Å². The number of hydrogen-bond acceptors (Lipinski definition) is 2. The summed E-state index contributed by atoms with van der Waals surface area (Å²) in [6, 6.07) is 0.887. The molecule has 2 nitrogen and oxygen atoms in total. The molecule has 2 aliphatic rings. The molecule has 15 heavy (non-hydrogen) atoms. The monoisotopic (exact) mass is 210 g/mol. The summed E-state index contributed by atoms with van der Waals surface area (Å²) < 4.78 is 0. The quantitative estimate of drug-likeness (QED) is 0.730. The molecule has 0 atom stereocenters. The fraction of sp³-hybridized carbons (Fsp3) is 1.00. The van der Waals surface area contributed by atoms with Gasteiger partial charge in [-0.3, -0.25) is 4.90 Å². The van der Waals surface area contributed by atoms with Gasteiger partial charge < -0.3 is 5.73 Å². The lowest BCUT2D eigenvalue weighted by molar-refractivity contribution is 0.0880. The van der Waals surface area contributed by atoms with Crippen molar-refractivity contribution in [2.45, 2.75) is 69.9 Å². The van der Waals surface area contributed by atoms with Crippen molar-refractivity contribution >= 4 is 0 Å². The molecule has 0 unspecified atom stereocenters. The fourth-order valence-electron chi connectivity index (χ4n) is 3.16. The van der Waals surface area contributed by atoms with Crippen molar-refractivity contribution in [1.82, 2.24) is 4.90 Å². The van der Waals surface area contributed by atoms with Crippen molar-refractivity contribution in [3.05, 3.63) is 0 Å². The van der Waals surface area contributed by atoms with Crippen molar-refractivity contribution in [2.24, 2.45) is 5.73 Å². The summed E-state index contributed by atoms with van der Waals surface area (Å²) >= 11 is 0. The van der Waals surface area contributed by atoms with E-state index in [4.69, 9.17) is 5.73 Å². The van der Waals surface area contributed by atoms with Gasteiger partial charge in [0, 0.05) is 18.1 Å². The van der Waals surface area contributed by atoms with Gasteiger partial charge in [0.2, 0.25) is 0 Å². The molecule has 2 rings (SSSR count). The molecule has 0 spiro atoms. The van der Waals surface area contributed by atoms with Crippen LogP contribution < -0.4 is 5.73 Å². The van der Waals surface area contributed by atoms with Gasteiger partial charge >= 0.3 is 0 Å². The maximum Gasteiger partial charge on any atom is 0.0334 e. The molecule has 0 radical (unpaired) electrons. The van der Waals surface area contributed by atoms with Crippen LogP contribution in [0.3, 0.4) is 0 Å². The number of nitrogens with zero attached hydrogens (tertiary/aromatic N) is 1. The molecule has 2 saturated carbocycles. The molecule has 0 amide bonds. The Morgan fingerprint density at radius 2 is 1.93 bits per heavy atom. The minimum absolute atomic E-state index is 0.399. The predicted molar refractivity (Wildman–Crippen MR) is 64.9 cm³/mol. The normalized spacial score (nSPS) is 25.0. The first-order valence-corrected chi connectivity index (χ1v) is 6.79. The van der Waals surface area contributed by atoms with E-state index in [0.29, 0.717) is 5.54 Å². The summed E-state index contributed by atoms with van der Waals surface area (Å²) in [5, 5.41) is 0. The van der Waals surface area contributed by atoms with E-state index in [9.17, 15) is 0 Å². The van der Waals surface area contributed by atoms with E-state index >= 15 is 0 Å². The minimum Gasteiger partial charge on any atom is -0.329 e. The summed E-state index contributed by atoms with van der Waals surface area (Å²) in [5.74, 6) is 0. The Labute approximate surface area is 94.2 Å². The molecule has 0 saturated heterocycles.